The highest BCUT2D eigenvalue weighted by Crippen LogP contribution is 2.27. The van der Waals surface area contributed by atoms with Crippen LogP contribution in [0.25, 0.3) is 10.2 Å². The number of anilines is 1. The molecule has 1 aliphatic rings. The Balaban J connectivity index is 1.44. The van der Waals surface area contributed by atoms with Gasteiger partial charge in [-0.05, 0) is 23.9 Å². The standard InChI is InChI=1S/C18H20N4S/c1-14-3-2-4-15(11-14)12-21-6-8-22(9-7-21)17-16-5-10-23-18(16)20-13-19-17/h2-5,10-11,13H,6-9,12H2,1H3. The van der Waals surface area contributed by atoms with Crippen LogP contribution in [0.15, 0.2) is 42.0 Å². The summed E-state index contributed by atoms with van der Waals surface area (Å²) < 4.78 is 0. The second-order valence-electron chi connectivity index (χ2n) is 6.09. The van der Waals surface area contributed by atoms with E-state index in [1.807, 2.05) is 0 Å². The van der Waals surface area contributed by atoms with E-state index in [0.29, 0.717) is 0 Å². The van der Waals surface area contributed by atoms with Crippen LogP contribution in [0.4, 0.5) is 5.82 Å². The van der Waals surface area contributed by atoms with Gasteiger partial charge in [0.25, 0.3) is 0 Å². The molecule has 1 fully saturated rings. The van der Waals surface area contributed by atoms with Gasteiger partial charge < -0.3 is 4.90 Å². The minimum Gasteiger partial charge on any atom is -0.353 e. The van der Waals surface area contributed by atoms with E-state index in [0.717, 1.165) is 43.4 Å². The number of aryl methyl sites for hydroxylation is 1. The molecule has 23 heavy (non-hydrogen) atoms. The van der Waals surface area contributed by atoms with Gasteiger partial charge >= 0.3 is 0 Å². The monoisotopic (exact) mass is 324 g/mol. The molecule has 1 saturated heterocycles. The average Bonchev–Trinajstić information content (AvgIpc) is 3.04. The van der Waals surface area contributed by atoms with Crippen molar-refractivity contribution in [1.82, 2.24) is 14.9 Å². The average molecular weight is 324 g/mol. The van der Waals surface area contributed by atoms with Crippen molar-refractivity contribution in [2.45, 2.75) is 13.5 Å². The third kappa shape index (κ3) is 3.07. The van der Waals surface area contributed by atoms with E-state index in [1.54, 1.807) is 17.7 Å². The Morgan fingerprint density at radius 2 is 1.96 bits per heavy atom. The predicted molar refractivity (Wildman–Crippen MR) is 96.1 cm³/mol. The van der Waals surface area contributed by atoms with E-state index in [-0.39, 0.29) is 0 Å². The lowest BCUT2D eigenvalue weighted by Gasteiger charge is -2.35. The van der Waals surface area contributed by atoms with Crippen LogP contribution >= 0.6 is 11.3 Å². The quantitative estimate of drug-likeness (QED) is 0.740. The normalized spacial score (nSPS) is 16.1. The van der Waals surface area contributed by atoms with Crippen LogP contribution in [-0.4, -0.2) is 41.0 Å². The molecule has 0 radical (unpaired) electrons. The molecule has 0 unspecified atom stereocenters. The summed E-state index contributed by atoms with van der Waals surface area (Å²) in [5.74, 6) is 1.09. The van der Waals surface area contributed by atoms with E-state index in [1.165, 1.54) is 16.5 Å². The molecule has 4 nitrogen and oxygen atoms in total. The third-order valence-corrected chi connectivity index (χ3v) is 5.22. The Kier molecular flexibility index (Phi) is 3.97. The zero-order valence-corrected chi connectivity index (χ0v) is 14.1. The number of nitrogens with zero attached hydrogens (tertiary/aromatic N) is 4. The molecule has 4 rings (SSSR count). The summed E-state index contributed by atoms with van der Waals surface area (Å²) in [6.07, 6.45) is 1.69. The van der Waals surface area contributed by atoms with Crippen LogP contribution in [0.1, 0.15) is 11.1 Å². The fourth-order valence-corrected chi connectivity index (χ4v) is 3.94. The van der Waals surface area contributed by atoms with Crippen LogP contribution in [0.2, 0.25) is 0 Å². The highest BCUT2D eigenvalue weighted by molar-refractivity contribution is 7.16. The summed E-state index contributed by atoms with van der Waals surface area (Å²) in [4.78, 5) is 14.9. The van der Waals surface area contributed by atoms with Crippen molar-refractivity contribution in [3.05, 3.63) is 53.2 Å². The van der Waals surface area contributed by atoms with Gasteiger partial charge in [-0.3, -0.25) is 4.90 Å². The van der Waals surface area contributed by atoms with Crippen LogP contribution in [0, 0.1) is 6.92 Å². The summed E-state index contributed by atoms with van der Waals surface area (Å²) >= 11 is 1.68. The van der Waals surface area contributed by atoms with E-state index in [2.05, 4.69) is 62.4 Å². The number of benzene rings is 1. The third-order valence-electron chi connectivity index (χ3n) is 4.40. The van der Waals surface area contributed by atoms with Gasteiger partial charge in [-0.1, -0.05) is 29.8 Å². The number of rotatable bonds is 3. The first-order valence-corrected chi connectivity index (χ1v) is 8.88. The van der Waals surface area contributed by atoms with Gasteiger partial charge in [0, 0.05) is 32.7 Å². The van der Waals surface area contributed by atoms with E-state index in [4.69, 9.17) is 0 Å². The first kappa shape index (κ1) is 14.6. The second-order valence-corrected chi connectivity index (χ2v) is 6.98. The minimum atomic E-state index is 1.02. The Hall–Kier alpha value is -1.98. The van der Waals surface area contributed by atoms with Gasteiger partial charge in [-0.25, -0.2) is 9.97 Å². The maximum Gasteiger partial charge on any atom is 0.140 e. The molecular weight excluding hydrogens is 304 g/mol. The number of fused-ring (bicyclic) bond motifs is 1. The molecule has 0 saturated carbocycles. The molecule has 0 aliphatic carbocycles. The first-order valence-electron chi connectivity index (χ1n) is 8.01. The Labute approximate surface area is 140 Å². The molecule has 1 aliphatic heterocycles. The van der Waals surface area contributed by atoms with Crippen molar-refractivity contribution in [2.75, 3.05) is 31.1 Å². The lowest BCUT2D eigenvalue weighted by atomic mass is 10.1. The topological polar surface area (TPSA) is 32.3 Å². The molecule has 3 heterocycles. The summed E-state index contributed by atoms with van der Waals surface area (Å²) in [5, 5.41) is 3.28. The van der Waals surface area contributed by atoms with Crippen molar-refractivity contribution in [1.29, 1.82) is 0 Å². The predicted octanol–water partition coefficient (Wildman–Crippen LogP) is 3.32. The lowest BCUT2D eigenvalue weighted by molar-refractivity contribution is 0.249. The molecule has 2 aromatic heterocycles. The molecule has 1 aromatic carbocycles. The fourth-order valence-electron chi connectivity index (χ4n) is 3.22. The van der Waals surface area contributed by atoms with Gasteiger partial charge in [0.15, 0.2) is 0 Å². The van der Waals surface area contributed by atoms with Crippen LogP contribution in [0.5, 0.6) is 0 Å². The molecule has 0 bridgehead atoms. The number of aromatic nitrogens is 2. The molecule has 0 spiro atoms. The molecule has 5 heteroatoms. The molecule has 118 valence electrons. The van der Waals surface area contributed by atoms with Crippen molar-refractivity contribution in [3.8, 4) is 0 Å². The Bertz CT molecular complexity index is 805. The van der Waals surface area contributed by atoms with Gasteiger partial charge in [0.1, 0.15) is 17.0 Å². The summed E-state index contributed by atoms with van der Waals surface area (Å²) in [6.45, 7) is 7.38. The maximum atomic E-state index is 4.53. The smallest absolute Gasteiger partial charge is 0.140 e. The summed E-state index contributed by atoms with van der Waals surface area (Å²) in [6, 6.07) is 10.9. The number of thiophene rings is 1. The Morgan fingerprint density at radius 3 is 2.78 bits per heavy atom. The van der Waals surface area contributed by atoms with Gasteiger partial charge in [-0.2, -0.15) is 0 Å². The highest BCUT2D eigenvalue weighted by atomic mass is 32.1. The van der Waals surface area contributed by atoms with Crippen LogP contribution in [-0.2, 0) is 6.54 Å². The Morgan fingerprint density at radius 1 is 1.09 bits per heavy atom. The first-order chi connectivity index (χ1) is 11.3. The SMILES string of the molecule is Cc1cccc(CN2CCN(c3ncnc4sccc34)CC2)c1. The number of hydrogen-bond acceptors (Lipinski definition) is 5. The highest BCUT2D eigenvalue weighted by Gasteiger charge is 2.20. The summed E-state index contributed by atoms with van der Waals surface area (Å²) in [7, 11) is 0. The zero-order valence-electron chi connectivity index (χ0n) is 13.3. The van der Waals surface area contributed by atoms with E-state index >= 15 is 0 Å². The second kappa shape index (κ2) is 6.26. The van der Waals surface area contributed by atoms with Crippen LogP contribution in [0.3, 0.4) is 0 Å². The van der Waals surface area contributed by atoms with Crippen molar-refractivity contribution >= 4 is 27.4 Å². The maximum absolute atomic E-state index is 4.53. The molecule has 3 aromatic rings. The van der Waals surface area contributed by atoms with Crippen molar-refractivity contribution < 1.29 is 0 Å². The summed E-state index contributed by atoms with van der Waals surface area (Å²) in [5.41, 5.74) is 2.74. The molecule has 0 N–H and O–H groups in total. The minimum absolute atomic E-state index is 1.02. The largest absolute Gasteiger partial charge is 0.353 e. The van der Waals surface area contributed by atoms with Crippen molar-refractivity contribution in [3.63, 3.8) is 0 Å². The number of piperazine rings is 1. The molecule has 0 atom stereocenters. The van der Waals surface area contributed by atoms with Gasteiger partial charge in [-0.15, -0.1) is 11.3 Å². The van der Waals surface area contributed by atoms with Crippen LogP contribution < -0.4 is 4.90 Å². The molecular formula is C18H20N4S. The van der Waals surface area contributed by atoms with Gasteiger partial charge in [0.2, 0.25) is 0 Å². The number of hydrogen-bond donors (Lipinski definition) is 0. The zero-order chi connectivity index (χ0) is 15.6. The van der Waals surface area contributed by atoms with E-state index in [9.17, 15) is 0 Å². The van der Waals surface area contributed by atoms with Crippen molar-refractivity contribution in [2.24, 2.45) is 0 Å². The van der Waals surface area contributed by atoms with E-state index < -0.39 is 0 Å². The lowest BCUT2D eigenvalue weighted by Crippen LogP contribution is -2.46. The fraction of sp³-hybridized carbons (Fsp3) is 0.333. The van der Waals surface area contributed by atoms with Gasteiger partial charge in [0.05, 0.1) is 5.39 Å². The molecule has 0 amide bonds.